The first kappa shape index (κ1) is 7.51. The van der Waals surface area contributed by atoms with Crippen molar-refractivity contribution in [3.05, 3.63) is 35.9 Å². The molecule has 1 heteroatoms. The van der Waals surface area contributed by atoms with E-state index in [1.165, 1.54) is 0 Å². The van der Waals surface area contributed by atoms with E-state index in [4.69, 9.17) is 11.6 Å². The van der Waals surface area contributed by atoms with Gasteiger partial charge in [-0.05, 0) is 19.1 Å². The van der Waals surface area contributed by atoms with Crippen molar-refractivity contribution in [2.24, 2.45) is 0 Å². The van der Waals surface area contributed by atoms with Crippen LogP contribution in [0.25, 0.3) is 0 Å². The third-order valence-corrected chi connectivity index (χ3v) is 0.855. The lowest BCUT2D eigenvalue weighted by Gasteiger charge is -1.79. The Hall–Kier alpha value is -0.490. The molecule has 0 aliphatic heterocycles. The van der Waals surface area contributed by atoms with Gasteiger partial charge in [-0.25, -0.2) is 0 Å². The lowest BCUT2D eigenvalue weighted by atomic mass is 10.4. The first-order chi connectivity index (χ1) is 3.81. The molecule has 0 heterocycles. The summed E-state index contributed by atoms with van der Waals surface area (Å²) in [5.41, 5.74) is 0. The SMILES string of the molecule is C=C/C=C(Cl)\C=C\C. The first-order valence-corrected chi connectivity index (χ1v) is 2.80. The fraction of sp³-hybridized carbons (Fsp3) is 0.143. The molecule has 0 radical (unpaired) electrons. The van der Waals surface area contributed by atoms with Crippen molar-refractivity contribution in [1.82, 2.24) is 0 Å². The van der Waals surface area contributed by atoms with Crippen LogP contribution in [-0.4, -0.2) is 0 Å². The second-order valence-electron chi connectivity index (χ2n) is 1.29. The summed E-state index contributed by atoms with van der Waals surface area (Å²) >= 11 is 5.58. The quantitative estimate of drug-likeness (QED) is 0.502. The Kier molecular flexibility index (Phi) is 4.38. The topological polar surface area (TPSA) is 0 Å². The van der Waals surface area contributed by atoms with Crippen molar-refractivity contribution in [2.75, 3.05) is 0 Å². The van der Waals surface area contributed by atoms with E-state index in [0.29, 0.717) is 5.03 Å². The molecule has 0 nitrogen and oxygen atoms in total. The lowest BCUT2D eigenvalue weighted by Crippen LogP contribution is -1.56. The molecule has 0 rings (SSSR count). The molecule has 0 aromatic carbocycles. The van der Waals surface area contributed by atoms with Gasteiger partial charge in [0.1, 0.15) is 0 Å². The molecule has 0 fully saturated rings. The number of rotatable bonds is 2. The maximum absolute atomic E-state index is 5.58. The van der Waals surface area contributed by atoms with Crippen molar-refractivity contribution in [2.45, 2.75) is 6.92 Å². The van der Waals surface area contributed by atoms with Crippen LogP contribution in [-0.2, 0) is 0 Å². The predicted octanol–water partition coefficient (Wildman–Crippen LogP) is 2.87. The Morgan fingerprint density at radius 3 is 2.62 bits per heavy atom. The van der Waals surface area contributed by atoms with Gasteiger partial charge in [0, 0.05) is 5.03 Å². The highest BCUT2D eigenvalue weighted by atomic mass is 35.5. The van der Waals surface area contributed by atoms with Crippen molar-refractivity contribution in [3.63, 3.8) is 0 Å². The summed E-state index contributed by atoms with van der Waals surface area (Å²) in [5.74, 6) is 0. The molecule has 0 aromatic rings. The van der Waals surface area contributed by atoms with Crippen LogP contribution in [0.1, 0.15) is 6.92 Å². The smallest absolute Gasteiger partial charge is 0.0402 e. The van der Waals surface area contributed by atoms with Crippen molar-refractivity contribution >= 4 is 11.6 Å². The molecule has 0 saturated carbocycles. The summed E-state index contributed by atoms with van der Waals surface area (Å²) in [6, 6.07) is 0. The zero-order valence-electron chi connectivity index (χ0n) is 4.89. The average Bonchev–Trinajstić information content (AvgIpc) is 1.68. The monoisotopic (exact) mass is 128 g/mol. The number of allylic oxidation sites excluding steroid dienone is 5. The molecular formula is C7H9Cl. The number of halogens is 1. The van der Waals surface area contributed by atoms with Gasteiger partial charge in [-0.1, -0.05) is 30.3 Å². The summed E-state index contributed by atoms with van der Waals surface area (Å²) in [5, 5.41) is 0.711. The zero-order chi connectivity index (χ0) is 6.41. The van der Waals surface area contributed by atoms with Crippen LogP contribution in [0.4, 0.5) is 0 Å². The van der Waals surface area contributed by atoms with Gasteiger partial charge in [0.25, 0.3) is 0 Å². The predicted molar refractivity (Wildman–Crippen MR) is 38.9 cm³/mol. The van der Waals surface area contributed by atoms with Crippen LogP contribution in [0.5, 0.6) is 0 Å². The number of hydrogen-bond acceptors (Lipinski definition) is 0. The van der Waals surface area contributed by atoms with E-state index in [1.807, 2.05) is 19.1 Å². The zero-order valence-corrected chi connectivity index (χ0v) is 5.65. The van der Waals surface area contributed by atoms with E-state index >= 15 is 0 Å². The number of hydrogen-bond donors (Lipinski definition) is 0. The van der Waals surface area contributed by atoms with Gasteiger partial charge in [-0.15, -0.1) is 0 Å². The van der Waals surface area contributed by atoms with Gasteiger partial charge in [0.2, 0.25) is 0 Å². The lowest BCUT2D eigenvalue weighted by molar-refractivity contribution is 1.71. The second kappa shape index (κ2) is 4.66. The summed E-state index contributed by atoms with van der Waals surface area (Å²) in [7, 11) is 0. The molecule has 0 N–H and O–H groups in total. The van der Waals surface area contributed by atoms with Crippen LogP contribution in [0.15, 0.2) is 35.9 Å². The van der Waals surface area contributed by atoms with Gasteiger partial charge in [0.15, 0.2) is 0 Å². The third-order valence-electron chi connectivity index (χ3n) is 0.603. The first-order valence-electron chi connectivity index (χ1n) is 2.42. The van der Waals surface area contributed by atoms with Gasteiger partial charge in [-0.2, -0.15) is 0 Å². The van der Waals surface area contributed by atoms with E-state index in [1.54, 1.807) is 12.2 Å². The van der Waals surface area contributed by atoms with Crippen LogP contribution >= 0.6 is 11.6 Å². The van der Waals surface area contributed by atoms with Gasteiger partial charge >= 0.3 is 0 Å². The normalized spacial score (nSPS) is 12.5. The van der Waals surface area contributed by atoms with E-state index in [9.17, 15) is 0 Å². The van der Waals surface area contributed by atoms with Crippen molar-refractivity contribution in [1.29, 1.82) is 0 Å². The minimum absolute atomic E-state index is 0.711. The highest BCUT2D eigenvalue weighted by molar-refractivity contribution is 6.31. The Bertz CT molecular complexity index is 120. The minimum atomic E-state index is 0.711. The van der Waals surface area contributed by atoms with Gasteiger partial charge < -0.3 is 0 Å². The molecule has 0 saturated heterocycles. The minimum Gasteiger partial charge on any atom is -0.0990 e. The van der Waals surface area contributed by atoms with Crippen molar-refractivity contribution in [3.8, 4) is 0 Å². The maximum Gasteiger partial charge on any atom is 0.0402 e. The Morgan fingerprint density at radius 2 is 2.25 bits per heavy atom. The molecule has 8 heavy (non-hydrogen) atoms. The molecule has 0 amide bonds. The van der Waals surface area contributed by atoms with Gasteiger partial charge in [0.05, 0.1) is 0 Å². The second-order valence-corrected chi connectivity index (χ2v) is 1.72. The summed E-state index contributed by atoms with van der Waals surface area (Å²) < 4.78 is 0. The Labute approximate surface area is 55.2 Å². The molecule has 0 spiro atoms. The standard InChI is InChI=1S/C7H9Cl/c1-3-5-7(8)6-4-2/h3-6H,1H2,2H3/b6-4+,7-5+. The molecule has 0 aliphatic carbocycles. The molecule has 44 valence electrons. The Morgan fingerprint density at radius 1 is 1.62 bits per heavy atom. The van der Waals surface area contributed by atoms with Crippen molar-refractivity contribution < 1.29 is 0 Å². The molecule has 0 atom stereocenters. The van der Waals surface area contributed by atoms with Gasteiger partial charge in [-0.3, -0.25) is 0 Å². The largest absolute Gasteiger partial charge is 0.0990 e. The Balaban J connectivity index is 3.79. The third kappa shape index (κ3) is 3.69. The molecule has 0 unspecified atom stereocenters. The molecule has 0 aliphatic rings. The summed E-state index contributed by atoms with van der Waals surface area (Å²) in [4.78, 5) is 0. The summed E-state index contributed by atoms with van der Waals surface area (Å²) in [6.45, 7) is 5.40. The van der Waals surface area contributed by atoms with Crippen LogP contribution in [0, 0.1) is 0 Å². The maximum atomic E-state index is 5.58. The van der Waals surface area contributed by atoms with Crippen LogP contribution in [0.2, 0.25) is 0 Å². The van der Waals surface area contributed by atoms with Crippen LogP contribution < -0.4 is 0 Å². The van der Waals surface area contributed by atoms with Crippen LogP contribution in [0.3, 0.4) is 0 Å². The molecule has 0 bridgehead atoms. The summed E-state index contributed by atoms with van der Waals surface area (Å²) in [6.07, 6.45) is 7.08. The fourth-order valence-electron chi connectivity index (χ4n) is 0.327. The average molecular weight is 129 g/mol. The molecular weight excluding hydrogens is 120 g/mol. The van der Waals surface area contributed by atoms with E-state index < -0.39 is 0 Å². The fourth-order valence-corrected chi connectivity index (χ4v) is 0.542. The van der Waals surface area contributed by atoms with E-state index in [0.717, 1.165) is 0 Å². The van der Waals surface area contributed by atoms with E-state index in [-0.39, 0.29) is 0 Å². The van der Waals surface area contributed by atoms with E-state index in [2.05, 4.69) is 6.58 Å². The highest BCUT2D eigenvalue weighted by Gasteiger charge is 1.75. The molecule has 0 aromatic heterocycles. The highest BCUT2D eigenvalue weighted by Crippen LogP contribution is 2.01.